The van der Waals surface area contributed by atoms with Crippen molar-refractivity contribution < 1.29 is 4.79 Å². The Hall–Kier alpha value is -3.85. The first-order chi connectivity index (χ1) is 15.2. The number of fused-ring (bicyclic) bond motifs is 2. The Morgan fingerprint density at radius 3 is 2.32 bits per heavy atom. The number of aromatic amines is 1. The van der Waals surface area contributed by atoms with Gasteiger partial charge in [-0.15, -0.1) is 0 Å². The van der Waals surface area contributed by atoms with Gasteiger partial charge in [0.2, 0.25) is 5.91 Å². The quantitative estimate of drug-likeness (QED) is 0.369. The van der Waals surface area contributed by atoms with Crippen LogP contribution in [0.15, 0.2) is 91.0 Å². The van der Waals surface area contributed by atoms with E-state index in [2.05, 4.69) is 96.1 Å². The molecule has 3 nitrogen and oxygen atoms in total. The predicted molar refractivity (Wildman–Crippen MR) is 128 cm³/mol. The van der Waals surface area contributed by atoms with Gasteiger partial charge >= 0.3 is 0 Å². The van der Waals surface area contributed by atoms with Gasteiger partial charge in [-0.1, -0.05) is 84.4 Å². The van der Waals surface area contributed by atoms with Crippen LogP contribution in [0, 0.1) is 6.92 Å². The Labute approximate surface area is 181 Å². The number of hydrogen-bond acceptors (Lipinski definition) is 1. The molecular weight excluding hydrogens is 380 g/mol. The van der Waals surface area contributed by atoms with E-state index >= 15 is 0 Å². The molecule has 0 saturated carbocycles. The monoisotopic (exact) mass is 404 g/mol. The molecule has 2 N–H and O–H groups in total. The molecule has 5 rings (SSSR count). The number of H-pyrrole nitrogens is 1. The van der Waals surface area contributed by atoms with Crippen molar-refractivity contribution in [3.05, 3.63) is 108 Å². The third-order valence-corrected chi connectivity index (χ3v) is 5.99. The van der Waals surface area contributed by atoms with Gasteiger partial charge in [-0.3, -0.25) is 4.79 Å². The number of carbonyl (C=O) groups is 1. The van der Waals surface area contributed by atoms with Gasteiger partial charge in [0.05, 0.1) is 11.6 Å². The first-order valence-electron chi connectivity index (χ1n) is 10.5. The number of rotatable bonds is 4. The smallest absolute Gasteiger partial charge is 0.231 e. The number of benzene rings is 4. The Bertz CT molecular complexity index is 1400. The highest BCUT2D eigenvalue weighted by Crippen LogP contribution is 2.39. The largest absolute Gasteiger partial charge is 0.358 e. The number of carbonyl (C=O) groups excluding carboxylic acids is 1. The zero-order valence-corrected chi connectivity index (χ0v) is 17.6. The van der Waals surface area contributed by atoms with Gasteiger partial charge in [0.25, 0.3) is 0 Å². The third kappa shape index (κ3) is 3.38. The number of aromatic nitrogens is 1. The van der Waals surface area contributed by atoms with E-state index in [-0.39, 0.29) is 5.91 Å². The van der Waals surface area contributed by atoms with Gasteiger partial charge in [0.1, 0.15) is 0 Å². The van der Waals surface area contributed by atoms with Crippen LogP contribution in [0.4, 0.5) is 0 Å². The number of para-hydroxylation sites is 1. The fourth-order valence-corrected chi connectivity index (χ4v) is 4.39. The van der Waals surface area contributed by atoms with Gasteiger partial charge < -0.3 is 10.3 Å². The Morgan fingerprint density at radius 1 is 0.839 bits per heavy atom. The van der Waals surface area contributed by atoms with Gasteiger partial charge in [-0.05, 0) is 41.0 Å². The van der Waals surface area contributed by atoms with E-state index < -0.39 is 5.92 Å². The standard InChI is InChI=1S/C28H24N2O/c1-18-11-13-20(14-12-18)25(28(31)29-2)26-23-9-5-6-10-24(23)30-27(26)22-16-15-19-7-3-4-8-21(19)17-22/h3-17,25,30H,1-2H3,(H,29,31). The summed E-state index contributed by atoms with van der Waals surface area (Å²) >= 11 is 0. The van der Waals surface area contributed by atoms with Crippen molar-refractivity contribution in [2.75, 3.05) is 7.05 Å². The molecule has 1 atom stereocenters. The second-order valence-electron chi connectivity index (χ2n) is 7.98. The zero-order valence-electron chi connectivity index (χ0n) is 17.6. The van der Waals surface area contributed by atoms with Crippen LogP contribution < -0.4 is 5.32 Å². The normalized spacial score (nSPS) is 12.2. The zero-order chi connectivity index (χ0) is 21.4. The van der Waals surface area contributed by atoms with Crippen LogP contribution in [0.3, 0.4) is 0 Å². The number of amides is 1. The van der Waals surface area contributed by atoms with Crippen LogP contribution in [0.2, 0.25) is 0 Å². The van der Waals surface area contributed by atoms with Crippen molar-refractivity contribution in [3.8, 4) is 11.3 Å². The maximum absolute atomic E-state index is 13.2. The molecule has 1 heterocycles. The molecular formula is C28H24N2O. The Kier molecular flexibility index (Phi) is 4.79. The van der Waals surface area contributed by atoms with Crippen LogP contribution in [0.1, 0.15) is 22.6 Å². The van der Waals surface area contributed by atoms with Crippen molar-refractivity contribution in [1.82, 2.24) is 10.3 Å². The molecule has 4 aromatic carbocycles. The summed E-state index contributed by atoms with van der Waals surface area (Å²) in [5, 5.41) is 6.33. The summed E-state index contributed by atoms with van der Waals surface area (Å²) in [5.74, 6) is -0.432. The van der Waals surface area contributed by atoms with Crippen LogP contribution >= 0.6 is 0 Å². The summed E-state index contributed by atoms with van der Waals surface area (Å²) in [6.45, 7) is 2.06. The molecule has 0 bridgehead atoms. The summed E-state index contributed by atoms with van der Waals surface area (Å²) < 4.78 is 0. The molecule has 0 aliphatic carbocycles. The predicted octanol–water partition coefficient (Wildman–Crippen LogP) is 6.17. The lowest BCUT2D eigenvalue weighted by Gasteiger charge is -2.18. The summed E-state index contributed by atoms with van der Waals surface area (Å²) in [4.78, 5) is 16.8. The third-order valence-electron chi connectivity index (χ3n) is 5.99. The van der Waals surface area contributed by atoms with Gasteiger partial charge in [0, 0.05) is 23.5 Å². The average molecular weight is 405 g/mol. The van der Waals surface area contributed by atoms with Crippen molar-refractivity contribution in [2.24, 2.45) is 0 Å². The van der Waals surface area contributed by atoms with Gasteiger partial charge in [-0.25, -0.2) is 0 Å². The van der Waals surface area contributed by atoms with Crippen LogP contribution in [0.5, 0.6) is 0 Å². The van der Waals surface area contributed by atoms with Crippen molar-refractivity contribution >= 4 is 27.6 Å². The molecule has 1 amide bonds. The van der Waals surface area contributed by atoms with Crippen molar-refractivity contribution in [1.29, 1.82) is 0 Å². The number of nitrogens with one attached hydrogen (secondary N) is 2. The van der Waals surface area contributed by atoms with E-state index in [1.807, 2.05) is 12.1 Å². The molecule has 0 saturated heterocycles. The Balaban J connectivity index is 1.79. The lowest BCUT2D eigenvalue weighted by atomic mass is 9.86. The van der Waals surface area contributed by atoms with Crippen molar-refractivity contribution in [3.63, 3.8) is 0 Å². The van der Waals surface area contributed by atoms with E-state index in [1.54, 1.807) is 7.05 Å². The maximum atomic E-state index is 13.2. The minimum absolute atomic E-state index is 0.0179. The lowest BCUT2D eigenvalue weighted by Crippen LogP contribution is -2.26. The molecule has 0 radical (unpaired) electrons. The molecule has 3 heteroatoms. The summed E-state index contributed by atoms with van der Waals surface area (Å²) in [6, 6.07) is 31.3. The number of aryl methyl sites for hydroxylation is 1. The van der Waals surface area contributed by atoms with E-state index in [0.717, 1.165) is 33.3 Å². The van der Waals surface area contributed by atoms with Crippen LogP contribution in [-0.4, -0.2) is 17.9 Å². The molecule has 0 aliphatic heterocycles. The van der Waals surface area contributed by atoms with E-state index in [4.69, 9.17) is 0 Å². The Morgan fingerprint density at radius 2 is 1.55 bits per heavy atom. The minimum Gasteiger partial charge on any atom is -0.358 e. The van der Waals surface area contributed by atoms with Crippen LogP contribution in [0.25, 0.3) is 32.9 Å². The molecule has 0 aliphatic rings. The summed E-state index contributed by atoms with van der Waals surface area (Å²) in [7, 11) is 1.70. The average Bonchev–Trinajstić information content (AvgIpc) is 3.19. The second kappa shape index (κ2) is 7.77. The second-order valence-corrected chi connectivity index (χ2v) is 7.98. The lowest BCUT2D eigenvalue weighted by molar-refractivity contribution is -0.121. The molecule has 5 aromatic rings. The molecule has 0 spiro atoms. The minimum atomic E-state index is -0.414. The SMILES string of the molecule is CNC(=O)C(c1ccc(C)cc1)c1c(-c2ccc3ccccc3c2)[nH]c2ccccc12. The first-order valence-corrected chi connectivity index (χ1v) is 10.5. The van der Waals surface area contributed by atoms with Gasteiger partial charge in [0.15, 0.2) is 0 Å². The van der Waals surface area contributed by atoms with E-state index in [1.165, 1.54) is 16.3 Å². The molecule has 0 fully saturated rings. The topological polar surface area (TPSA) is 44.9 Å². The number of likely N-dealkylation sites (N-methyl/N-ethyl adjacent to an activating group) is 1. The van der Waals surface area contributed by atoms with E-state index in [0.29, 0.717) is 0 Å². The fourth-order valence-electron chi connectivity index (χ4n) is 4.39. The highest BCUT2D eigenvalue weighted by Gasteiger charge is 2.28. The number of hydrogen-bond donors (Lipinski definition) is 2. The first kappa shape index (κ1) is 19.1. The molecule has 152 valence electrons. The van der Waals surface area contributed by atoms with Crippen LogP contribution in [-0.2, 0) is 4.79 Å². The highest BCUT2D eigenvalue weighted by molar-refractivity contribution is 6.00. The van der Waals surface area contributed by atoms with Gasteiger partial charge in [-0.2, -0.15) is 0 Å². The summed E-state index contributed by atoms with van der Waals surface area (Å²) in [6.07, 6.45) is 0. The molecule has 1 unspecified atom stereocenters. The van der Waals surface area contributed by atoms with E-state index in [9.17, 15) is 4.79 Å². The fraction of sp³-hybridized carbons (Fsp3) is 0.107. The summed E-state index contributed by atoms with van der Waals surface area (Å²) in [5.41, 5.74) is 6.26. The maximum Gasteiger partial charge on any atom is 0.231 e. The highest BCUT2D eigenvalue weighted by atomic mass is 16.1. The van der Waals surface area contributed by atoms with Crippen molar-refractivity contribution in [2.45, 2.75) is 12.8 Å². The molecule has 31 heavy (non-hydrogen) atoms. The molecule has 1 aromatic heterocycles.